The number of aromatic nitrogens is 1. The summed E-state index contributed by atoms with van der Waals surface area (Å²) in [5.74, 6) is -0.258. The lowest BCUT2D eigenvalue weighted by atomic mass is 10.3. The third kappa shape index (κ3) is 2.43. The van der Waals surface area contributed by atoms with E-state index in [2.05, 4.69) is 10.3 Å². The Hall–Kier alpha value is -2.10. The zero-order valence-corrected chi connectivity index (χ0v) is 7.94. The Balaban J connectivity index is 2.18. The molecule has 15 heavy (non-hydrogen) atoms. The zero-order chi connectivity index (χ0) is 10.7. The van der Waals surface area contributed by atoms with E-state index in [1.165, 1.54) is 12.1 Å². The van der Waals surface area contributed by atoms with Crippen molar-refractivity contribution in [3.8, 4) is 0 Å². The van der Waals surface area contributed by atoms with E-state index in [0.717, 1.165) is 11.4 Å². The molecule has 0 aliphatic rings. The number of nitrogens with zero attached hydrogens (tertiary/aromatic N) is 1. The summed E-state index contributed by atoms with van der Waals surface area (Å²) in [4.78, 5) is 3.94. The summed E-state index contributed by atoms with van der Waals surface area (Å²) in [5, 5.41) is 3.06. The molecule has 0 saturated heterocycles. The molecule has 76 valence electrons. The first-order chi connectivity index (χ1) is 7.24. The highest BCUT2D eigenvalue weighted by Crippen LogP contribution is 2.17. The summed E-state index contributed by atoms with van der Waals surface area (Å²) in [7, 11) is 0. The molecule has 2 aromatic rings. The van der Waals surface area contributed by atoms with E-state index < -0.39 is 0 Å². The second-order valence-corrected chi connectivity index (χ2v) is 3.14. The molecule has 0 aliphatic carbocycles. The maximum absolute atomic E-state index is 12.6. The summed E-state index contributed by atoms with van der Waals surface area (Å²) in [6.45, 7) is 0. The summed E-state index contributed by atoms with van der Waals surface area (Å²) in [5.41, 5.74) is 7.73. The number of hydrogen-bond acceptors (Lipinski definition) is 3. The number of hydrogen-bond donors (Lipinski definition) is 2. The minimum Gasteiger partial charge on any atom is -0.397 e. The van der Waals surface area contributed by atoms with E-state index in [1.54, 1.807) is 30.6 Å². The Bertz CT molecular complexity index is 454. The molecule has 1 aromatic heterocycles. The Morgan fingerprint density at radius 3 is 2.47 bits per heavy atom. The van der Waals surface area contributed by atoms with Crippen LogP contribution in [-0.4, -0.2) is 4.98 Å². The number of nitrogen functional groups attached to an aromatic ring is 1. The topological polar surface area (TPSA) is 50.9 Å². The molecular weight excluding hydrogens is 193 g/mol. The summed E-state index contributed by atoms with van der Waals surface area (Å²) in [6, 6.07) is 7.84. The fourth-order valence-electron chi connectivity index (χ4n) is 1.23. The molecule has 3 N–H and O–H groups in total. The quantitative estimate of drug-likeness (QED) is 0.788. The third-order valence-corrected chi connectivity index (χ3v) is 1.89. The van der Waals surface area contributed by atoms with Crippen LogP contribution in [-0.2, 0) is 0 Å². The van der Waals surface area contributed by atoms with Gasteiger partial charge in [-0.25, -0.2) is 4.39 Å². The van der Waals surface area contributed by atoms with Gasteiger partial charge in [-0.2, -0.15) is 0 Å². The van der Waals surface area contributed by atoms with Crippen LogP contribution in [0.15, 0.2) is 42.7 Å². The van der Waals surface area contributed by atoms with Gasteiger partial charge in [0, 0.05) is 11.9 Å². The fraction of sp³-hybridized carbons (Fsp3) is 0. The molecule has 1 heterocycles. The van der Waals surface area contributed by atoms with Crippen molar-refractivity contribution in [2.24, 2.45) is 0 Å². The van der Waals surface area contributed by atoms with E-state index >= 15 is 0 Å². The number of benzene rings is 1. The first-order valence-corrected chi connectivity index (χ1v) is 4.47. The Labute approximate surface area is 86.8 Å². The molecule has 0 radical (unpaired) electrons. The molecule has 4 heteroatoms. The van der Waals surface area contributed by atoms with Gasteiger partial charge in [-0.1, -0.05) is 0 Å². The van der Waals surface area contributed by atoms with Crippen LogP contribution in [0.4, 0.5) is 21.5 Å². The average molecular weight is 203 g/mol. The number of anilines is 3. The Morgan fingerprint density at radius 2 is 1.80 bits per heavy atom. The predicted molar refractivity (Wildman–Crippen MR) is 58.3 cm³/mol. The summed E-state index contributed by atoms with van der Waals surface area (Å²) >= 11 is 0. The molecular formula is C11H10FN3. The first kappa shape index (κ1) is 9.45. The van der Waals surface area contributed by atoms with Crippen molar-refractivity contribution in [2.75, 3.05) is 11.1 Å². The number of nitrogens with two attached hydrogens (primary N) is 1. The molecule has 0 spiro atoms. The van der Waals surface area contributed by atoms with Gasteiger partial charge in [-0.3, -0.25) is 4.98 Å². The van der Waals surface area contributed by atoms with Crippen LogP contribution in [0.2, 0.25) is 0 Å². The highest BCUT2D eigenvalue weighted by Gasteiger charge is 1.96. The molecule has 0 unspecified atom stereocenters. The number of halogens is 1. The van der Waals surface area contributed by atoms with Crippen molar-refractivity contribution in [1.82, 2.24) is 4.98 Å². The van der Waals surface area contributed by atoms with Gasteiger partial charge in [0.1, 0.15) is 5.82 Å². The average Bonchev–Trinajstić information content (AvgIpc) is 2.22. The van der Waals surface area contributed by atoms with Gasteiger partial charge in [0.2, 0.25) is 0 Å². The van der Waals surface area contributed by atoms with Crippen molar-refractivity contribution in [3.63, 3.8) is 0 Å². The van der Waals surface area contributed by atoms with Gasteiger partial charge in [0.25, 0.3) is 0 Å². The second-order valence-electron chi connectivity index (χ2n) is 3.14. The third-order valence-electron chi connectivity index (χ3n) is 1.89. The maximum Gasteiger partial charge on any atom is 0.123 e. The molecule has 2 rings (SSSR count). The van der Waals surface area contributed by atoms with Crippen LogP contribution in [0.1, 0.15) is 0 Å². The van der Waals surface area contributed by atoms with E-state index in [1.807, 2.05) is 0 Å². The van der Waals surface area contributed by atoms with Crippen molar-refractivity contribution in [3.05, 3.63) is 48.5 Å². The largest absolute Gasteiger partial charge is 0.397 e. The van der Waals surface area contributed by atoms with E-state index in [4.69, 9.17) is 5.73 Å². The second kappa shape index (κ2) is 3.96. The smallest absolute Gasteiger partial charge is 0.123 e. The Kier molecular flexibility index (Phi) is 2.49. The lowest BCUT2D eigenvalue weighted by Gasteiger charge is -2.05. The van der Waals surface area contributed by atoms with Crippen molar-refractivity contribution >= 4 is 17.1 Å². The van der Waals surface area contributed by atoms with Crippen molar-refractivity contribution in [2.45, 2.75) is 0 Å². The number of rotatable bonds is 2. The molecule has 0 saturated carbocycles. The molecule has 0 atom stereocenters. The fourth-order valence-corrected chi connectivity index (χ4v) is 1.23. The molecule has 0 bridgehead atoms. The highest BCUT2D eigenvalue weighted by molar-refractivity contribution is 5.61. The first-order valence-electron chi connectivity index (χ1n) is 4.47. The highest BCUT2D eigenvalue weighted by atomic mass is 19.1. The van der Waals surface area contributed by atoms with Gasteiger partial charge in [0.05, 0.1) is 17.6 Å². The van der Waals surface area contributed by atoms with Gasteiger partial charge in [0.15, 0.2) is 0 Å². The van der Waals surface area contributed by atoms with Crippen LogP contribution in [0.3, 0.4) is 0 Å². The lowest BCUT2D eigenvalue weighted by Crippen LogP contribution is -1.93. The van der Waals surface area contributed by atoms with E-state index in [0.29, 0.717) is 5.69 Å². The molecule has 0 aliphatic heterocycles. The lowest BCUT2D eigenvalue weighted by molar-refractivity contribution is 0.628. The van der Waals surface area contributed by atoms with Crippen LogP contribution < -0.4 is 11.1 Å². The van der Waals surface area contributed by atoms with Crippen LogP contribution in [0.25, 0.3) is 0 Å². The van der Waals surface area contributed by atoms with Gasteiger partial charge >= 0.3 is 0 Å². The van der Waals surface area contributed by atoms with Gasteiger partial charge < -0.3 is 11.1 Å². The van der Waals surface area contributed by atoms with Gasteiger partial charge in [-0.15, -0.1) is 0 Å². The molecule has 0 amide bonds. The van der Waals surface area contributed by atoms with Crippen molar-refractivity contribution in [1.29, 1.82) is 0 Å². The molecule has 0 fully saturated rings. The standard InChI is InChI=1S/C11H10FN3/c12-8-1-3-10(4-2-8)15-11-5-9(13)6-14-7-11/h1-7,15H,13H2. The zero-order valence-electron chi connectivity index (χ0n) is 7.94. The monoisotopic (exact) mass is 203 g/mol. The van der Waals surface area contributed by atoms with Crippen LogP contribution in [0.5, 0.6) is 0 Å². The molecule has 3 nitrogen and oxygen atoms in total. The minimum absolute atomic E-state index is 0.258. The van der Waals surface area contributed by atoms with Crippen LogP contribution >= 0.6 is 0 Å². The van der Waals surface area contributed by atoms with Gasteiger partial charge in [-0.05, 0) is 30.3 Å². The van der Waals surface area contributed by atoms with E-state index in [-0.39, 0.29) is 5.82 Å². The van der Waals surface area contributed by atoms with E-state index in [9.17, 15) is 4.39 Å². The Morgan fingerprint density at radius 1 is 1.07 bits per heavy atom. The maximum atomic E-state index is 12.6. The SMILES string of the molecule is Nc1cncc(Nc2ccc(F)cc2)c1. The van der Waals surface area contributed by atoms with Crippen LogP contribution in [0, 0.1) is 5.82 Å². The molecule has 1 aromatic carbocycles. The number of pyridine rings is 1. The normalized spacial score (nSPS) is 9.93. The summed E-state index contributed by atoms with van der Waals surface area (Å²) < 4.78 is 12.6. The minimum atomic E-state index is -0.258. The van der Waals surface area contributed by atoms with Crippen molar-refractivity contribution < 1.29 is 4.39 Å². The number of nitrogens with one attached hydrogen (secondary N) is 1. The summed E-state index contributed by atoms with van der Waals surface area (Å²) in [6.07, 6.45) is 3.22. The predicted octanol–water partition coefficient (Wildman–Crippen LogP) is 2.55.